The standard InChI is InChI=1S/C12H14BrNO/c1-3-4-7-15-12-8-10(13)5-6-11(12)9(2)14/h5-6,8-9H,7,14H2,1-2H3/t9-/m1/s1. The van der Waals surface area contributed by atoms with Crippen LogP contribution in [0.25, 0.3) is 0 Å². The number of hydrogen-bond acceptors (Lipinski definition) is 2. The summed E-state index contributed by atoms with van der Waals surface area (Å²) >= 11 is 3.40. The lowest BCUT2D eigenvalue weighted by atomic mass is 10.1. The highest BCUT2D eigenvalue weighted by Gasteiger charge is 2.07. The van der Waals surface area contributed by atoms with Gasteiger partial charge in [0.15, 0.2) is 0 Å². The summed E-state index contributed by atoms with van der Waals surface area (Å²) in [4.78, 5) is 0. The van der Waals surface area contributed by atoms with Gasteiger partial charge < -0.3 is 10.5 Å². The molecular formula is C12H14BrNO. The van der Waals surface area contributed by atoms with Crippen molar-refractivity contribution in [3.63, 3.8) is 0 Å². The van der Waals surface area contributed by atoms with Gasteiger partial charge in [-0.1, -0.05) is 27.9 Å². The summed E-state index contributed by atoms with van der Waals surface area (Å²) in [6.07, 6.45) is 0. The Kier molecular flexibility index (Phi) is 4.67. The SMILES string of the molecule is CC#CCOc1cc(Br)ccc1[C@@H](C)N. The van der Waals surface area contributed by atoms with Crippen molar-refractivity contribution in [3.8, 4) is 17.6 Å². The van der Waals surface area contributed by atoms with Crippen LogP contribution in [0.1, 0.15) is 25.5 Å². The topological polar surface area (TPSA) is 35.2 Å². The molecular weight excluding hydrogens is 254 g/mol. The summed E-state index contributed by atoms with van der Waals surface area (Å²) in [6, 6.07) is 5.79. The van der Waals surface area contributed by atoms with Crippen LogP contribution in [0.15, 0.2) is 22.7 Å². The number of ether oxygens (including phenoxy) is 1. The van der Waals surface area contributed by atoms with Gasteiger partial charge in [-0.3, -0.25) is 0 Å². The summed E-state index contributed by atoms with van der Waals surface area (Å²) in [5.41, 5.74) is 6.83. The van der Waals surface area contributed by atoms with E-state index < -0.39 is 0 Å². The highest BCUT2D eigenvalue weighted by Crippen LogP contribution is 2.27. The minimum absolute atomic E-state index is 0.0392. The molecule has 0 heterocycles. The third kappa shape index (κ3) is 3.58. The Labute approximate surface area is 98.9 Å². The van der Waals surface area contributed by atoms with Crippen molar-refractivity contribution < 1.29 is 4.74 Å². The van der Waals surface area contributed by atoms with Crippen LogP contribution in [0.4, 0.5) is 0 Å². The first-order valence-electron chi connectivity index (χ1n) is 4.72. The third-order valence-corrected chi connectivity index (χ3v) is 2.44. The quantitative estimate of drug-likeness (QED) is 0.855. The minimum Gasteiger partial charge on any atom is -0.481 e. The van der Waals surface area contributed by atoms with Crippen LogP contribution in [0, 0.1) is 11.8 Å². The second kappa shape index (κ2) is 5.79. The number of halogens is 1. The zero-order chi connectivity index (χ0) is 11.3. The number of hydrogen-bond donors (Lipinski definition) is 1. The molecule has 0 aliphatic rings. The van der Waals surface area contributed by atoms with Crippen molar-refractivity contribution in [3.05, 3.63) is 28.2 Å². The smallest absolute Gasteiger partial charge is 0.149 e. The summed E-state index contributed by atoms with van der Waals surface area (Å²) in [7, 11) is 0. The van der Waals surface area contributed by atoms with E-state index in [2.05, 4.69) is 27.8 Å². The highest BCUT2D eigenvalue weighted by molar-refractivity contribution is 9.10. The maximum atomic E-state index is 5.84. The largest absolute Gasteiger partial charge is 0.481 e. The molecule has 80 valence electrons. The second-order valence-electron chi connectivity index (χ2n) is 3.19. The van der Waals surface area contributed by atoms with Gasteiger partial charge in [-0.25, -0.2) is 0 Å². The fraction of sp³-hybridized carbons (Fsp3) is 0.333. The van der Waals surface area contributed by atoms with E-state index in [0.717, 1.165) is 15.8 Å². The first-order valence-corrected chi connectivity index (χ1v) is 5.52. The van der Waals surface area contributed by atoms with E-state index in [1.165, 1.54) is 0 Å². The predicted octanol–water partition coefficient (Wildman–Crippen LogP) is 2.87. The van der Waals surface area contributed by atoms with Crippen molar-refractivity contribution in [1.82, 2.24) is 0 Å². The van der Waals surface area contributed by atoms with Gasteiger partial charge in [0.25, 0.3) is 0 Å². The molecule has 1 aromatic carbocycles. The van der Waals surface area contributed by atoms with Crippen LogP contribution in [-0.4, -0.2) is 6.61 Å². The average molecular weight is 268 g/mol. The Morgan fingerprint density at radius 2 is 2.27 bits per heavy atom. The summed E-state index contributed by atoms with van der Waals surface area (Å²) in [5.74, 6) is 6.43. The van der Waals surface area contributed by atoms with Gasteiger partial charge in [0.1, 0.15) is 12.4 Å². The van der Waals surface area contributed by atoms with Gasteiger partial charge in [0.2, 0.25) is 0 Å². The fourth-order valence-electron chi connectivity index (χ4n) is 1.20. The lowest BCUT2D eigenvalue weighted by Crippen LogP contribution is -2.08. The number of rotatable bonds is 3. The van der Waals surface area contributed by atoms with E-state index >= 15 is 0 Å². The Morgan fingerprint density at radius 3 is 2.87 bits per heavy atom. The zero-order valence-corrected chi connectivity index (χ0v) is 10.5. The van der Waals surface area contributed by atoms with Gasteiger partial charge in [0, 0.05) is 16.1 Å². The molecule has 0 saturated carbocycles. The average Bonchev–Trinajstić information content (AvgIpc) is 2.18. The molecule has 2 N–H and O–H groups in total. The normalized spacial score (nSPS) is 11.5. The molecule has 3 heteroatoms. The fourth-order valence-corrected chi connectivity index (χ4v) is 1.54. The minimum atomic E-state index is -0.0392. The summed E-state index contributed by atoms with van der Waals surface area (Å²) in [6.45, 7) is 4.12. The van der Waals surface area contributed by atoms with Gasteiger partial charge in [-0.15, -0.1) is 5.92 Å². The molecule has 0 bridgehead atoms. The Morgan fingerprint density at radius 1 is 1.53 bits per heavy atom. The molecule has 0 aliphatic carbocycles. The molecule has 2 nitrogen and oxygen atoms in total. The molecule has 1 rings (SSSR count). The van der Waals surface area contributed by atoms with Crippen molar-refractivity contribution in [2.75, 3.05) is 6.61 Å². The molecule has 0 radical (unpaired) electrons. The Balaban J connectivity index is 2.90. The van der Waals surface area contributed by atoms with Crippen LogP contribution in [-0.2, 0) is 0 Å². The molecule has 0 unspecified atom stereocenters. The predicted molar refractivity (Wildman–Crippen MR) is 65.7 cm³/mol. The van der Waals surface area contributed by atoms with E-state index in [0.29, 0.717) is 6.61 Å². The van der Waals surface area contributed by atoms with Crippen LogP contribution in [0.2, 0.25) is 0 Å². The molecule has 1 aromatic rings. The maximum Gasteiger partial charge on any atom is 0.149 e. The van der Waals surface area contributed by atoms with E-state index in [-0.39, 0.29) is 6.04 Å². The van der Waals surface area contributed by atoms with E-state index in [1.54, 1.807) is 6.92 Å². The molecule has 0 fully saturated rings. The zero-order valence-electron chi connectivity index (χ0n) is 8.88. The van der Waals surface area contributed by atoms with E-state index in [1.807, 2.05) is 25.1 Å². The van der Waals surface area contributed by atoms with E-state index in [4.69, 9.17) is 10.5 Å². The monoisotopic (exact) mass is 267 g/mol. The molecule has 0 spiro atoms. The van der Waals surface area contributed by atoms with Crippen molar-refractivity contribution >= 4 is 15.9 Å². The van der Waals surface area contributed by atoms with Crippen LogP contribution >= 0.6 is 15.9 Å². The van der Waals surface area contributed by atoms with Gasteiger partial charge in [-0.05, 0) is 26.0 Å². The lowest BCUT2D eigenvalue weighted by Gasteiger charge is -2.12. The molecule has 0 aromatic heterocycles. The van der Waals surface area contributed by atoms with Gasteiger partial charge in [0.05, 0.1) is 0 Å². The Hall–Kier alpha value is -0.980. The number of nitrogens with two attached hydrogens (primary N) is 1. The molecule has 0 amide bonds. The third-order valence-electron chi connectivity index (χ3n) is 1.94. The van der Waals surface area contributed by atoms with Gasteiger partial charge in [-0.2, -0.15) is 0 Å². The van der Waals surface area contributed by atoms with Crippen LogP contribution < -0.4 is 10.5 Å². The molecule has 15 heavy (non-hydrogen) atoms. The van der Waals surface area contributed by atoms with E-state index in [9.17, 15) is 0 Å². The summed E-state index contributed by atoms with van der Waals surface area (Å²) in [5, 5.41) is 0. The highest BCUT2D eigenvalue weighted by atomic mass is 79.9. The molecule has 0 aliphatic heterocycles. The van der Waals surface area contributed by atoms with Crippen molar-refractivity contribution in [2.45, 2.75) is 19.9 Å². The van der Waals surface area contributed by atoms with Crippen molar-refractivity contribution in [1.29, 1.82) is 0 Å². The Bertz CT molecular complexity index is 390. The number of benzene rings is 1. The first kappa shape index (κ1) is 12.1. The molecule has 1 atom stereocenters. The molecule has 0 saturated heterocycles. The second-order valence-corrected chi connectivity index (χ2v) is 4.10. The van der Waals surface area contributed by atoms with Gasteiger partial charge >= 0.3 is 0 Å². The maximum absolute atomic E-state index is 5.84. The summed E-state index contributed by atoms with van der Waals surface area (Å²) < 4.78 is 6.51. The van der Waals surface area contributed by atoms with Crippen molar-refractivity contribution in [2.24, 2.45) is 5.73 Å². The van der Waals surface area contributed by atoms with Crippen LogP contribution in [0.3, 0.4) is 0 Å². The lowest BCUT2D eigenvalue weighted by molar-refractivity contribution is 0.363. The van der Waals surface area contributed by atoms with Crippen LogP contribution in [0.5, 0.6) is 5.75 Å². The first-order chi connectivity index (χ1) is 7.15.